The number of ketones is 1. The van der Waals surface area contributed by atoms with E-state index < -0.39 is 0 Å². The molecule has 0 unspecified atom stereocenters. The Morgan fingerprint density at radius 3 is 2.47 bits per heavy atom. The summed E-state index contributed by atoms with van der Waals surface area (Å²) in [4.78, 5) is 11.8. The highest BCUT2D eigenvalue weighted by Gasteiger charge is 2.11. The Morgan fingerprint density at radius 1 is 1.13 bits per heavy atom. The molecule has 0 saturated heterocycles. The highest BCUT2D eigenvalue weighted by atomic mass is 16.1. The van der Waals surface area contributed by atoms with Gasteiger partial charge in [0.15, 0.2) is 5.78 Å². The smallest absolute Gasteiger partial charge is 0.163 e. The minimum Gasteiger partial charge on any atom is -0.294 e. The van der Waals surface area contributed by atoms with Gasteiger partial charge in [-0.05, 0) is 6.42 Å². The van der Waals surface area contributed by atoms with Gasteiger partial charge in [0.05, 0.1) is 0 Å². The number of allylic oxidation sites excluding steroid dienone is 4. The molecule has 15 heavy (non-hydrogen) atoms. The first-order chi connectivity index (χ1) is 7.36. The lowest BCUT2D eigenvalue weighted by molar-refractivity contribution is 0.0975. The lowest BCUT2D eigenvalue weighted by Crippen LogP contribution is -2.06. The predicted octanol–water partition coefficient (Wildman–Crippen LogP) is 3.39. The zero-order valence-corrected chi connectivity index (χ0v) is 8.60. The van der Waals surface area contributed by atoms with Crippen molar-refractivity contribution in [2.45, 2.75) is 12.8 Å². The molecule has 1 heteroatoms. The number of hydrogen-bond acceptors (Lipinski definition) is 1. The number of carbonyl (C=O) groups is 1. The molecule has 0 radical (unpaired) electrons. The summed E-state index contributed by atoms with van der Waals surface area (Å²) in [5.74, 6) is 0.503. The monoisotopic (exact) mass is 198 g/mol. The summed E-state index contributed by atoms with van der Waals surface area (Å²) in [6.07, 6.45) is 10.0. The maximum atomic E-state index is 11.8. The van der Waals surface area contributed by atoms with Crippen LogP contribution >= 0.6 is 0 Å². The largest absolute Gasteiger partial charge is 0.294 e. The van der Waals surface area contributed by atoms with E-state index in [0.717, 1.165) is 12.0 Å². The van der Waals surface area contributed by atoms with Crippen molar-refractivity contribution in [3.63, 3.8) is 0 Å². The third-order valence-electron chi connectivity index (χ3n) is 2.56. The first-order valence-corrected chi connectivity index (χ1v) is 5.28. The predicted molar refractivity (Wildman–Crippen MR) is 61.8 cm³/mol. The van der Waals surface area contributed by atoms with Crippen molar-refractivity contribution in [1.82, 2.24) is 0 Å². The molecule has 0 N–H and O–H groups in total. The number of benzene rings is 1. The van der Waals surface area contributed by atoms with Crippen LogP contribution in [0.15, 0.2) is 54.6 Å². The van der Waals surface area contributed by atoms with E-state index in [1.165, 1.54) is 0 Å². The van der Waals surface area contributed by atoms with Crippen LogP contribution in [0.1, 0.15) is 23.2 Å². The SMILES string of the molecule is O=C(CC1C=CCC=C1)c1ccccc1. The number of Topliss-reactive ketones (excluding diaryl/α,β-unsaturated/α-hetero) is 1. The van der Waals surface area contributed by atoms with Crippen molar-refractivity contribution >= 4 is 5.78 Å². The summed E-state index contributed by atoms with van der Waals surface area (Å²) in [6, 6.07) is 9.48. The molecule has 0 fully saturated rings. The van der Waals surface area contributed by atoms with Gasteiger partial charge >= 0.3 is 0 Å². The minimum atomic E-state index is 0.219. The Labute approximate surface area is 90.1 Å². The van der Waals surface area contributed by atoms with E-state index in [1.54, 1.807) is 0 Å². The summed E-state index contributed by atoms with van der Waals surface area (Å²) in [6.45, 7) is 0. The normalized spacial score (nSPS) is 15.5. The quantitative estimate of drug-likeness (QED) is 0.537. The second-order valence-corrected chi connectivity index (χ2v) is 3.75. The van der Waals surface area contributed by atoms with Gasteiger partial charge in [-0.2, -0.15) is 0 Å². The Bertz CT molecular complexity index is 375. The van der Waals surface area contributed by atoms with Crippen molar-refractivity contribution in [1.29, 1.82) is 0 Å². The molecule has 76 valence electrons. The van der Waals surface area contributed by atoms with Crippen LogP contribution in [0.4, 0.5) is 0 Å². The topological polar surface area (TPSA) is 17.1 Å². The maximum absolute atomic E-state index is 11.8. The molecule has 0 heterocycles. The van der Waals surface area contributed by atoms with Crippen LogP contribution in [0.2, 0.25) is 0 Å². The standard InChI is InChI=1S/C14H14O/c15-14(13-9-5-2-6-10-13)11-12-7-3-1-4-8-12/h2-10,12H,1,11H2. The highest BCUT2D eigenvalue weighted by Crippen LogP contribution is 2.16. The summed E-state index contributed by atoms with van der Waals surface area (Å²) in [5.41, 5.74) is 0.810. The van der Waals surface area contributed by atoms with E-state index in [1.807, 2.05) is 30.3 Å². The molecular formula is C14H14O. The van der Waals surface area contributed by atoms with Gasteiger partial charge in [0.1, 0.15) is 0 Å². The summed E-state index contributed by atoms with van der Waals surface area (Å²) >= 11 is 0. The van der Waals surface area contributed by atoms with Gasteiger partial charge < -0.3 is 0 Å². The maximum Gasteiger partial charge on any atom is 0.163 e. The summed E-state index contributed by atoms with van der Waals surface area (Å²) in [7, 11) is 0. The molecule has 2 rings (SSSR count). The van der Waals surface area contributed by atoms with E-state index in [4.69, 9.17) is 0 Å². The molecule has 0 atom stereocenters. The first-order valence-electron chi connectivity index (χ1n) is 5.28. The second-order valence-electron chi connectivity index (χ2n) is 3.75. The van der Waals surface area contributed by atoms with Gasteiger partial charge in [0.2, 0.25) is 0 Å². The Kier molecular flexibility index (Phi) is 3.13. The van der Waals surface area contributed by atoms with E-state index in [0.29, 0.717) is 6.42 Å². The fourth-order valence-corrected chi connectivity index (χ4v) is 1.74. The second kappa shape index (κ2) is 4.74. The molecule has 0 spiro atoms. The van der Waals surface area contributed by atoms with E-state index in [-0.39, 0.29) is 11.7 Å². The van der Waals surface area contributed by atoms with Gasteiger partial charge in [-0.15, -0.1) is 0 Å². The molecule has 0 aliphatic heterocycles. The van der Waals surface area contributed by atoms with Gasteiger partial charge in [-0.1, -0.05) is 54.6 Å². The summed E-state index contributed by atoms with van der Waals surface area (Å²) < 4.78 is 0. The van der Waals surface area contributed by atoms with Gasteiger partial charge in [0, 0.05) is 17.9 Å². The molecule has 1 aromatic carbocycles. The average molecular weight is 198 g/mol. The number of hydrogen-bond donors (Lipinski definition) is 0. The molecular weight excluding hydrogens is 184 g/mol. The first kappa shape index (κ1) is 9.91. The van der Waals surface area contributed by atoms with Crippen LogP contribution in [0, 0.1) is 5.92 Å². The van der Waals surface area contributed by atoms with Gasteiger partial charge in [-0.25, -0.2) is 0 Å². The Balaban J connectivity index is 2.01. The van der Waals surface area contributed by atoms with Crippen LogP contribution in [-0.2, 0) is 0 Å². The molecule has 0 amide bonds. The molecule has 1 aliphatic rings. The van der Waals surface area contributed by atoms with Crippen LogP contribution < -0.4 is 0 Å². The van der Waals surface area contributed by atoms with Crippen molar-refractivity contribution in [3.05, 3.63) is 60.2 Å². The Morgan fingerprint density at radius 2 is 1.80 bits per heavy atom. The molecule has 0 bridgehead atoms. The van der Waals surface area contributed by atoms with Crippen molar-refractivity contribution in [2.75, 3.05) is 0 Å². The van der Waals surface area contributed by atoms with Crippen LogP contribution in [0.5, 0.6) is 0 Å². The van der Waals surface area contributed by atoms with E-state index in [2.05, 4.69) is 24.3 Å². The lowest BCUT2D eigenvalue weighted by atomic mass is 9.95. The molecule has 1 nitrogen and oxygen atoms in total. The summed E-state index contributed by atoms with van der Waals surface area (Å²) in [5, 5.41) is 0. The molecule has 0 aromatic heterocycles. The van der Waals surface area contributed by atoms with Crippen LogP contribution in [0.3, 0.4) is 0 Å². The third kappa shape index (κ3) is 2.66. The van der Waals surface area contributed by atoms with Gasteiger partial charge in [0.25, 0.3) is 0 Å². The fourth-order valence-electron chi connectivity index (χ4n) is 1.74. The zero-order chi connectivity index (χ0) is 10.5. The van der Waals surface area contributed by atoms with Crippen LogP contribution in [0.25, 0.3) is 0 Å². The Hall–Kier alpha value is -1.63. The highest BCUT2D eigenvalue weighted by molar-refractivity contribution is 5.96. The number of carbonyl (C=O) groups excluding carboxylic acids is 1. The molecule has 1 aliphatic carbocycles. The average Bonchev–Trinajstić information content (AvgIpc) is 2.31. The molecule has 1 aromatic rings. The van der Waals surface area contributed by atoms with Crippen molar-refractivity contribution in [3.8, 4) is 0 Å². The van der Waals surface area contributed by atoms with Crippen LogP contribution in [-0.4, -0.2) is 5.78 Å². The van der Waals surface area contributed by atoms with Crippen molar-refractivity contribution < 1.29 is 4.79 Å². The van der Waals surface area contributed by atoms with E-state index >= 15 is 0 Å². The number of rotatable bonds is 3. The zero-order valence-electron chi connectivity index (χ0n) is 8.60. The molecule has 0 saturated carbocycles. The lowest BCUT2D eigenvalue weighted by Gasteiger charge is -2.09. The van der Waals surface area contributed by atoms with Crippen molar-refractivity contribution in [2.24, 2.45) is 5.92 Å². The third-order valence-corrected chi connectivity index (χ3v) is 2.56. The van der Waals surface area contributed by atoms with E-state index in [9.17, 15) is 4.79 Å². The fraction of sp³-hybridized carbons (Fsp3) is 0.214. The van der Waals surface area contributed by atoms with Gasteiger partial charge in [-0.3, -0.25) is 4.79 Å². The minimum absolute atomic E-state index is 0.219.